The fourth-order valence-corrected chi connectivity index (χ4v) is 7.38. The van der Waals surface area contributed by atoms with Crippen molar-refractivity contribution in [2.45, 2.75) is 79.1 Å². The molecule has 1 aliphatic heterocycles. The molecule has 0 spiro atoms. The number of hydrazone groups is 1. The van der Waals surface area contributed by atoms with Gasteiger partial charge in [-0.2, -0.15) is 5.01 Å². The zero-order valence-electron chi connectivity index (χ0n) is 34.7. The lowest BCUT2D eigenvalue weighted by molar-refractivity contribution is -0.118. The fourth-order valence-electron chi connectivity index (χ4n) is 6.40. The lowest BCUT2D eigenvalue weighted by Gasteiger charge is -2.30. The lowest BCUT2D eigenvalue weighted by Crippen LogP contribution is -2.37. The normalized spacial score (nSPS) is 13.8. The average molecular weight is 862 g/mol. The molecule has 0 unspecified atom stereocenters. The summed E-state index contributed by atoms with van der Waals surface area (Å²) in [7, 11) is 0. The molecule has 4 aromatic rings. The van der Waals surface area contributed by atoms with Crippen LogP contribution in [0, 0.1) is 6.92 Å². The Kier molecular flexibility index (Phi) is 14.5. The van der Waals surface area contributed by atoms with Gasteiger partial charge in [-0.05, 0) is 103 Å². The van der Waals surface area contributed by atoms with Crippen LogP contribution in [0.2, 0.25) is 15.1 Å². The van der Waals surface area contributed by atoms with E-state index in [1.54, 1.807) is 24.3 Å². The number of amides is 3. The molecular weight excluding hydrogens is 811 g/mol. The van der Waals surface area contributed by atoms with E-state index in [4.69, 9.17) is 39.5 Å². The van der Waals surface area contributed by atoms with Crippen molar-refractivity contribution in [3.8, 4) is 5.75 Å². The highest BCUT2D eigenvalue weighted by molar-refractivity contribution is 6.72. The highest BCUT2D eigenvalue weighted by Gasteiger charge is 2.37. The molecule has 3 N–H and O–H groups in total. The number of carbonyl (C=O) groups is 3. The molecule has 4 aromatic carbocycles. The summed E-state index contributed by atoms with van der Waals surface area (Å²) in [6.07, 6.45) is 1.86. The molecule has 0 saturated carbocycles. The highest BCUT2D eigenvalue weighted by Crippen LogP contribution is 2.40. The second-order valence-corrected chi connectivity index (χ2v) is 16.8. The number of benzene rings is 4. The van der Waals surface area contributed by atoms with E-state index < -0.39 is 17.7 Å². The standard InChI is InChI=1S/C45H51Cl3N6O5/c1-9-44(5,6)29-15-18-37(33(23-29)45(7,8)10-2)59-26-38(56)49-31-14-12-13-28(22-31)42(57)51-41-39(43(58)54(52-41)40-34(47)24-30(46)25-35(40)48)50-36-17-16-32(21-27(36)4)53(11-3)19-20-55/h12-18,21-25,55H,9-11,19-20,26H2,1-8H3,(H,49,56)(H,51,52,57)/b50-39-. The molecule has 1 aliphatic rings. The zero-order chi connectivity index (χ0) is 43.2. The van der Waals surface area contributed by atoms with Crippen molar-refractivity contribution in [1.82, 2.24) is 5.32 Å². The topological polar surface area (TPSA) is 136 Å². The van der Waals surface area contributed by atoms with E-state index in [9.17, 15) is 19.5 Å². The van der Waals surface area contributed by atoms with Gasteiger partial charge in [0.25, 0.3) is 11.8 Å². The molecule has 0 atom stereocenters. The Morgan fingerprint density at radius 2 is 1.59 bits per heavy atom. The Hall–Kier alpha value is -4.94. The summed E-state index contributed by atoms with van der Waals surface area (Å²) in [4.78, 5) is 47.8. The number of amidine groups is 1. The summed E-state index contributed by atoms with van der Waals surface area (Å²) in [6, 6.07) is 20.9. The average Bonchev–Trinajstić information content (AvgIpc) is 3.49. The van der Waals surface area contributed by atoms with Crippen molar-refractivity contribution in [3.05, 3.63) is 110 Å². The SMILES string of the molecule is CCN(CCO)c1ccc(/N=C2\C(=O)N(c3c(Cl)cc(Cl)cc3Cl)N=C2NC(=O)c2cccc(NC(=O)COc3ccc(C(C)(C)CC)cc3C(C)(C)CC)c2)c(C)c1. The van der Waals surface area contributed by atoms with Crippen LogP contribution >= 0.6 is 34.8 Å². The molecule has 5 rings (SSSR count). The van der Waals surface area contributed by atoms with Crippen molar-refractivity contribution in [1.29, 1.82) is 0 Å². The van der Waals surface area contributed by atoms with Crippen LogP contribution in [-0.2, 0) is 20.4 Å². The molecule has 14 heteroatoms. The van der Waals surface area contributed by atoms with Crippen LogP contribution < -0.4 is 25.3 Å². The number of aryl methyl sites for hydroxylation is 1. The number of aliphatic imine (C=N–C) groups is 1. The minimum absolute atomic E-state index is 0.00815. The van der Waals surface area contributed by atoms with Crippen molar-refractivity contribution in [3.63, 3.8) is 0 Å². The number of anilines is 3. The predicted molar refractivity (Wildman–Crippen MR) is 241 cm³/mol. The Balaban J connectivity index is 1.39. The molecular formula is C45H51Cl3N6O5. The van der Waals surface area contributed by atoms with Gasteiger partial charge in [0.05, 0.1) is 22.3 Å². The summed E-state index contributed by atoms with van der Waals surface area (Å²) in [5, 5.41) is 20.8. The van der Waals surface area contributed by atoms with Crippen LogP contribution in [0.1, 0.15) is 88.4 Å². The molecule has 0 bridgehead atoms. The molecule has 0 saturated heterocycles. The van der Waals surface area contributed by atoms with Gasteiger partial charge in [0, 0.05) is 40.6 Å². The third kappa shape index (κ3) is 10.4. The smallest absolute Gasteiger partial charge is 0.301 e. The number of hydrogen-bond acceptors (Lipinski definition) is 8. The Bertz CT molecular complexity index is 2280. The number of aliphatic hydroxyl groups excluding tert-OH is 1. The number of ether oxygens (including phenoxy) is 1. The van der Waals surface area contributed by atoms with Crippen LogP contribution in [0.5, 0.6) is 5.75 Å². The quantitative estimate of drug-likeness (QED) is 0.109. The first-order valence-electron chi connectivity index (χ1n) is 19.5. The number of likely N-dealkylation sites (N-methyl/N-ethyl adjacent to an activating group) is 1. The monoisotopic (exact) mass is 860 g/mol. The van der Waals surface area contributed by atoms with Crippen molar-refractivity contribution >= 4 is 86.8 Å². The predicted octanol–water partition coefficient (Wildman–Crippen LogP) is 10.0. The van der Waals surface area contributed by atoms with Crippen LogP contribution in [0.3, 0.4) is 0 Å². The van der Waals surface area contributed by atoms with Crippen LogP contribution in [-0.4, -0.2) is 60.7 Å². The molecule has 312 valence electrons. The van der Waals surface area contributed by atoms with E-state index in [1.807, 2.05) is 36.9 Å². The van der Waals surface area contributed by atoms with E-state index in [-0.39, 0.29) is 61.9 Å². The first kappa shape index (κ1) is 45.1. The summed E-state index contributed by atoms with van der Waals surface area (Å²) in [5.74, 6) is -1.23. The van der Waals surface area contributed by atoms with Crippen molar-refractivity contribution in [2.24, 2.45) is 10.1 Å². The number of carbonyl (C=O) groups excluding carboxylic acids is 3. The van der Waals surface area contributed by atoms with Crippen molar-refractivity contribution in [2.75, 3.05) is 41.5 Å². The Morgan fingerprint density at radius 1 is 0.898 bits per heavy atom. The van der Waals surface area contributed by atoms with Gasteiger partial charge >= 0.3 is 5.91 Å². The second kappa shape index (κ2) is 19.0. The number of rotatable bonds is 15. The van der Waals surface area contributed by atoms with E-state index in [0.29, 0.717) is 30.2 Å². The van der Waals surface area contributed by atoms with Gasteiger partial charge < -0.3 is 25.4 Å². The van der Waals surface area contributed by atoms with Crippen LogP contribution in [0.15, 0.2) is 82.9 Å². The summed E-state index contributed by atoms with van der Waals surface area (Å²) >= 11 is 19.2. The maximum atomic E-state index is 14.0. The van der Waals surface area contributed by atoms with E-state index in [1.165, 1.54) is 23.8 Å². The first-order valence-corrected chi connectivity index (χ1v) is 20.7. The number of nitrogens with zero attached hydrogens (tertiary/aromatic N) is 4. The number of halogens is 3. The molecule has 0 aliphatic carbocycles. The van der Waals surface area contributed by atoms with Gasteiger partial charge in [0.15, 0.2) is 18.2 Å². The molecule has 0 radical (unpaired) electrons. The molecule has 1 heterocycles. The largest absolute Gasteiger partial charge is 0.483 e. The lowest BCUT2D eigenvalue weighted by atomic mass is 9.76. The number of nitrogens with one attached hydrogen (secondary N) is 2. The number of aliphatic hydroxyl groups is 1. The van der Waals surface area contributed by atoms with Crippen molar-refractivity contribution < 1.29 is 24.2 Å². The van der Waals surface area contributed by atoms with Gasteiger partial charge in [-0.3, -0.25) is 14.4 Å². The van der Waals surface area contributed by atoms with Crippen LogP contribution in [0.25, 0.3) is 0 Å². The van der Waals surface area contributed by atoms with Gasteiger partial charge in [-0.25, -0.2) is 4.99 Å². The summed E-state index contributed by atoms with van der Waals surface area (Å²) in [6.45, 7) is 17.7. The molecule has 11 nitrogen and oxygen atoms in total. The van der Waals surface area contributed by atoms with E-state index in [0.717, 1.165) is 34.7 Å². The summed E-state index contributed by atoms with van der Waals surface area (Å²) in [5.41, 5.74) is 4.54. The van der Waals surface area contributed by atoms with E-state index >= 15 is 0 Å². The highest BCUT2D eigenvalue weighted by atomic mass is 35.5. The fraction of sp³-hybridized carbons (Fsp3) is 0.356. The Morgan fingerprint density at radius 3 is 2.22 bits per heavy atom. The van der Waals surface area contributed by atoms with Gasteiger partial charge in [-0.15, -0.1) is 5.10 Å². The molecule has 0 fully saturated rings. The van der Waals surface area contributed by atoms with E-state index in [2.05, 4.69) is 74.4 Å². The third-order valence-corrected chi connectivity index (χ3v) is 11.6. The second-order valence-electron chi connectivity index (χ2n) is 15.6. The minimum atomic E-state index is -0.694. The van der Waals surface area contributed by atoms with Gasteiger partial charge in [0.2, 0.25) is 0 Å². The molecule has 59 heavy (non-hydrogen) atoms. The van der Waals surface area contributed by atoms with Gasteiger partial charge in [0.1, 0.15) is 11.4 Å². The molecule has 0 aromatic heterocycles. The zero-order valence-corrected chi connectivity index (χ0v) is 36.9. The Labute approximate surface area is 361 Å². The summed E-state index contributed by atoms with van der Waals surface area (Å²) < 4.78 is 6.12. The third-order valence-electron chi connectivity index (χ3n) is 10.8. The first-order chi connectivity index (χ1) is 27.9. The molecule has 3 amide bonds. The minimum Gasteiger partial charge on any atom is -0.483 e. The van der Waals surface area contributed by atoms with Gasteiger partial charge in [-0.1, -0.05) is 94.5 Å². The maximum absolute atomic E-state index is 14.0. The number of hydrogen-bond donors (Lipinski definition) is 3. The maximum Gasteiger partial charge on any atom is 0.301 e. The van der Waals surface area contributed by atoms with Crippen LogP contribution in [0.4, 0.5) is 22.7 Å².